The second kappa shape index (κ2) is 4.66. The Kier molecular flexibility index (Phi) is 3.77. The number of nitrogens with two attached hydrogens (primary N) is 1. The quantitative estimate of drug-likeness (QED) is 0.878. The number of methoxy groups -OCH3 is 1. The van der Waals surface area contributed by atoms with E-state index < -0.39 is 0 Å². The maximum absolute atomic E-state index is 9.79. The lowest BCUT2D eigenvalue weighted by Crippen LogP contribution is -2.09. The molecule has 0 amide bonds. The van der Waals surface area contributed by atoms with Gasteiger partial charge in [0.2, 0.25) is 0 Å². The number of halogens is 1. The van der Waals surface area contributed by atoms with Crippen LogP contribution in [0.1, 0.15) is 24.9 Å². The Morgan fingerprint density at radius 1 is 1.57 bits per heavy atom. The lowest BCUT2D eigenvalue weighted by molar-refractivity contribution is 0.368. The van der Waals surface area contributed by atoms with E-state index in [1.165, 1.54) is 7.11 Å². The van der Waals surface area contributed by atoms with Gasteiger partial charge in [0.15, 0.2) is 11.5 Å². The summed E-state index contributed by atoms with van der Waals surface area (Å²) in [7, 11) is 1.52. The highest BCUT2D eigenvalue weighted by atomic mass is 79.9. The van der Waals surface area contributed by atoms with E-state index in [1.54, 1.807) is 6.07 Å². The van der Waals surface area contributed by atoms with Crippen molar-refractivity contribution in [3.05, 3.63) is 22.2 Å². The third kappa shape index (κ3) is 2.19. The van der Waals surface area contributed by atoms with Crippen molar-refractivity contribution < 1.29 is 9.84 Å². The molecule has 3 nitrogen and oxygen atoms in total. The summed E-state index contributed by atoms with van der Waals surface area (Å²) in [5.74, 6) is 0.573. The third-order valence-electron chi connectivity index (χ3n) is 2.13. The molecule has 1 unspecified atom stereocenters. The predicted octanol–water partition coefficient (Wildman–Crippen LogP) is 2.57. The Bertz CT molecular complexity index is 328. The Balaban J connectivity index is 3.21. The third-order valence-corrected chi connectivity index (χ3v) is 2.59. The molecule has 1 atom stereocenters. The number of phenolic OH excluding ortho intramolecular Hbond substituents is 1. The van der Waals surface area contributed by atoms with Crippen LogP contribution in [-0.4, -0.2) is 12.2 Å². The van der Waals surface area contributed by atoms with Gasteiger partial charge in [-0.2, -0.15) is 0 Å². The molecule has 14 heavy (non-hydrogen) atoms. The summed E-state index contributed by atoms with van der Waals surface area (Å²) in [6.45, 7) is 1.97. The number of aromatic hydroxyl groups is 1. The second-order valence-electron chi connectivity index (χ2n) is 3.06. The maximum Gasteiger partial charge on any atom is 0.162 e. The van der Waals surface area contributed by atoms with Gasteiger partial charge < -0.3 is 15.6 Å². The van der Waals surface area contributed by atoms with Gasteiger partial charge >= 0.3 is 0 Å². The van der Waals surface area contributed by atoms with Crippen LogP contribution >= 0.6 is 15.9 Å². The van der Waals surface area contributed by atoms with Crippen LogP contribution in [0.3, 0.4) is 0 Å². The largest absolute Gasteiger partial charge is 0.504 e. The van der Waals surface area contributed by atoms with Crippen LogP contribution in [0.25, 0.3) is 0 Å². The first kappa shape index (κ1) is 11.3. The van der Waals surface area contributed by atoms with Crippen molar-refractivity contribution in [3.8, 4) is 11.5 Å². The first-order valence-electron chi connectivity index (χ1n) is 4.42. The van der Waals surface area contributed by atoms with E-state index in [2.05, 4.69) is 15.9 Å². The molecule has 1 rings (SSSR count). The van der Waals surface area contributed by atoms with Crippen molar-refractivity contribution in [2.45, 2.75) is 19.4 Å². The Hall–Kier alpha value is -0.740. The minimum atomic E-state index is -0.165. The second-order valence-corrected chi connectivity index (χ2v) is 3.98. The molecule has 0 spiro atoms. The van der Waals surface area contributed by atoms with Crippen molar-refractivity contribution in [2.75, 3.05) is 7.11 Å². The number of benzene rings is 1. The zero-order valence-electron chi connectivity index (χ0n) is 8.25. The monoisotopic (exact) mass is 259 g/mol. The van der Waals surface area contributed by atoms with Gasteiger partial charge in [-0.15, -0.1) is 0 Å². The van der Waals surface area contributed by atoms with Crippen LogP contribution < -0.4 is 10.5 Å². The SMILES string of the molecule is CCC(N)c1cc(Br)cc(OC)c1O. The summed E-state index contributed by atoms with van der Waals surface area (Å²) >= 11 is 3.34. The van der Waals surface area contributed by atoms with Crippen LogP contribution in [-0.2, 0) is 0 Å². The molecule has 1 aromatic carbocycles. The van der Waals surface area contributed by atoms with E-state index in [1.807, 2.05) is 13.0 Å². The van der Waals surface area contributed by atoms with Gasteiger partial charge in [-0.25, -0.2) is 0 Å². The van der Waals surface area contributed by atoms with Gasteiger partial charge in [-0.05, 0) is 18.6 Å². The normalized spacial score (nSPS) is 12.6. The minimum Gasteiger partial charge on any atom is -0.504 e. The van der Waals surface area contributed by atoms with Gasteiger partial charge in [-0.1, -0.05) is 22.9 Å². The molecule has 0 aromatic heterocycles. The molecule has 1 aromatic rings. The van der Waals surface area contributed by atoms with E-state index >= 15 is 0 Å². The number of rotatable bonds is 3. The van der Waals surface area contributed by atoms with Gasteiger partial charge in [0.05, 0.1) is 7.11 Å². The number of ether oxygens (including phenoxy) is 1. The lowest BCUT2D eigenvalue weighted by Gasteiger charge is -2.14. The smallest absolute Gasteiger partial charge is 0.162 e. The summed E-state index contributed by atoms with van der Waals surface area (Å²) in [5.41, 5.74) is 6.56. The highest BCUT2D eigenvalue weighted by Crippen LogP contribution is 2.36. The molecule has 0 aliphatic heterocycles. The molecule has 0 radical (unpaired) electrons. The number of phenols is 1. The molecule has 78 valence electrons. The lowest BCUT2D eigenvalue weighted by atomic mass is 10.0. The Morgan fingerprint density at radius 2 is 2.21 bits per heavy atom. The van der Waals surface area contributed by atoms with Crippen molar-refractivity contribution in [2.24, 2.45) is 5.73 Å². The zero-order chi connectivity index (χ0) is 10.7. The molecule has 0 aliphatic carbocycles. The topological polar surface area (TPSA) is 55.5 Å². The molecule has 4 heteroatoms. The first-order chi connectivity index (χ1) is 6.60. The van der Waals surface area contributed by atoms with Crippen molar-refractivity contribution >= 4 is 15.9 Å². The fourth-order valence-electron chi connectivity index (χ4n) is 1.25. The number of hydrogen-bond donors (Lipinski definition) is 2. The summed E-state index contributed by atoms with van der Waals surface area (Å²) in [6, 6.07) is 3.36. The van der Waals surface area contributed by atoms with Crippen LogP contribution in [0.2, 0.25) is 0 Å². The average Bonchev–Trinajstić information content (AvgIpc) is 2.19. The summed E-state index contributed by atoms with van der Waals surface area (Å²) in [6.07, 6.45) is 0.771. The fraction of sp³-hybridized carbons (Fsp3) is 0.400. The fourth-order valence-corrected chi connectivity index (χ4v) is 1.71. The predicted molar refractivity (Wildman–Crippen MR) is 59.6 cm³/mol. The molecule has 0 fully saturated rings. The van der Waals surface area contributed by atoms with E-state index in [9.17, 15) is 5.11 Å². The Morgan fingerprint density at radius 3 is 2.71 bits per heavy atom. The standard InChI is InChI=1S/C10H14BrNO2/c1-3-8(12)7-4-6(11)5-9(14-2)10(7)13/h4-5,8,13H,3,12H2,1-2H3. The van der Waals surface area contributed by atoms with Gasteiger partial charge in [-0.3, -0.25) is 0 Å². The van der Waals surface area contributed by atoms with Gasteiger partial charge in [0.25, 0.3) is 0 Å². The highest BCUT2D eigenvalue weighted by molar-refractivity contribution is 9.10. The van der Waals surface area contributed by atoms with Gasteiger partial charge in [0, 0.05) is 16.1 Å². The highest BCUT2D eigenvalue weighted by Gasteiger charge is 2.14. The van der Waals surface area contributed by atoms with E-state index in [4.69, 9.17) is 10.5 Å². The molecule has 0 aliphatic rings. The van der Waals surface area contributed by atoms with Crippen LogP contribution in [0.15, 0.2) is 16.6 Å². The van der Waals surface area contributed by atoms with E-state index in [0.29, 0.717) is 11.3 Å². The summed E-state index contributed by atoms with van der Waals surface area (Å²) in [5, 5.41) is 9.79. The number of hydrogen-bond acceptors (Lipinski definition) is 3. The zero-order valence-corrected chi connectivity index (χ0v) is 9.84. The maximum atomic E-state index is 9.79. The molecular formula is C10H14BrNO2. The summed E-state index contributed by atoms with van der Waals surface area (Å²) < 4.78 is 5.88. The Labute approximate surface area is 92.0 Å². The van der Waals surface area contributed by atoms with Crippen LogP contribution in [0.4, 0.5) is 0 Å². The molecule has 0 heterocycles. The van der Waals surface area contributed by atoms with Gasteiger partial charge in [0.1, 0.15) is 0 Å². The molecule has 3 N–H and O–H groups in total. The minimum absolute atomic E-state index is 0.130. The van der Waals surface area contributed by atoms with Crippen LogP contribution in [0, 0.1) is 0 Å². The van der Waals surface area contributed by atoms with Crippen molar-refractivity contribution in [1.82, 2.24) is 0 Å². The van der Waals surface area contributed by atoms with E-state index in [-0.39, 0.29) is 11.8 Å². The molecule has 0 saturated heterocycles. The summed E-state index contributed by atoms with van der Waals surface area (Å²) in [4.78, 5) is 0. The first-order valence-corrected chi connectivity index (χ1v) is 5.21. The van der Waals surface area contributed by atoms with Crippen molar-refractivity contribution in [1.29, 1.82) is 0 Å². The molecule has 0 bridgehead atoms. The molecular weight excluding hydrogens is 246 g/mol. The van der Waals surface area contributed by atoms with Crippen molar-refractivity contribution in [3.63, 3.8) is 0 Å². The van der Waals surface area contributed by atoms with Crippen LogP contribution in [0.5, 0.6) is 11.5 Å². The molecule has 0 saturated carbocycles. The average molecular weight is 260 g/mol. The van der Waals surface area contributed by atoms with E-state index in [0.717, 1.165) is 10.9 Å².